The first kappa shape index (κ1) is 22.3. The van der Waals surface area contributed by atoms with Gasteiger partial charge in [-0.05, 0) is 35.4 Å². The quantitative estimate of drug-likeness (QED) is 0.316. The van der Waals surface area contributed by atoms with Gasteiger partial charge in [0.25, 0.3) is 5.91 Å². The van der Waals surface area contributed by atoms with Gasteiger partial charge in [0.1, 0.15) is 0 Å². The zero-order valence-electron chi connectivity index (χ0n) is 17.5. The van der Waals surface area contributed by atoms with Crippen molar-refractivity contribution in [3.8, 4) is 0 Å². The number of sulfonamides is 1. The molecule has 1 aromatic heterocycles. The Kier molecular flexibility index (Phi) is 6.53. The number of carbonyl (C=O) groups is 2. The lowest BCUT2D eigenvalue weighted by Gasteiger charge is -2.10. The number of para-hydroxylation sites is 1. The number of aromatic amines is 1. The third kappa shape index (κ3) is 5.46. The van der Waals surface area contributed by atoms with E-state index >= 15 is 0 Å². The molecule has 0 unspecified atom stereocenters. The minimum absolute atomic E-state index is 0.0452. The lowest BCUT2D eigenvalue weighted by Crippen LogP contribution is -2.42. The average molecular weight is 463 g/mol. The number of amides is 2. The molecule has 9 heteroatoms. The summed E-state index contributed by atoms with van der Waals surface area (Å²) in [5.41, 5.74) is 7.34. The predicted molar refractivity (Wildman–Crippen MR) is 125 cm³/mol. The maximum Gasteiger partial charge on any atom is 0.269 e. The molecule has 33 heavy (non-hydrogen) atoms. The van der Waals surface area contributed by atoms with Crippen LogP contribution in [0.25, 0.3) is 10.9 Å². The number of H-pyrrole nitrogens is 1. The second kappa shape index (κ2) is 9.68. The highest BCUT2D eigenvalue weighted by Crippen LogP contribution is 2.18. The standard InChI is InChI=1S/C24H22N4O4S/c29-23(14-19-16-25-22-12-5-4-11-21(19)22)27-28-24(30)18-9-6-10-20(13-18)33(31,32)26-15-17-7-2-1-3-8-17/h1-13,16,25-26H,14-15H2,(H,27,29)(H,28,30). The van der Waals surface area contributed by atoms with E-state index in [0.29, 0.717) is 0 Å². The third-order valence-corrected chi connectivity index (χ3v) is 6.46. The smallest absolute Gasteiger partial charge is 0.269 e. The molecule has 0 fully saturated rings. The summed E-state index contributed by atoms with van der Waals surface area (Å²) in [6.45, 7) is 0.128. The molecule has 168 valence electrons. The summed E-state index contributed by atoms with van der Waals surface area (Å²) in [5, 5.41) is 0.930. The Balaban J connectivity index is 1.36. The fraction of sp³-hybridized carbons (Fsp3) is 0.0833. The number of hydrazine groups is 1. The molecule has 4 N–H and O–H groups in total. The van der Waals surface area contributed by atoms with Crippen LogP contribution in [-0.2, 0) is 27.8 Å². The average Bonchev–Trinajstić information content (AvgIpc) is 3.25. The summed E-state index contributed by atoms with van der Waals surface area (Å²) in [7, 11) is -3.82. The maximum absolute atomic E-state index is 12.6. The third-order valence-electron chi connectivity index (χ3n) is 5.06. The number of nitrogens with one attached hydrogen (secondary N) is 4. The number of aromatic nitrogens is 1. The van der Waals surface area contributed by atoms with Crippen molar-refractivity contribution in [1.29, 1.82) is 0 Å². The zero-order chi connectivity index (χ0) is 23.3. The van der Waals surface area contributed by atoms with Gasteiger partial charge in [-0.2, -0.15) is 0 Å². The monoisotopic (exact) mass is 462 g/mol. The lowest BCUT2D eigenvalue weighted by atomic mass is 10.1. The largest absolute Gasteiger partial charge is 0.361 e. The van der Waals surface area contributed by atoms with Crippen LogP contribution in [-0.4, -0.2) is 25.2 Å². The molecular formula is C24H22N4O4S. The van der Waals surface area contributed by atoms with Crippen molar-refractivity contribution in [3.05, 3.63) is 102 Å². The second-order valence-corrected chi connectivity index (χ2v) is 9.14. The molecule has 0 atom stereocenters. The van der Waals surface area contributed by atoms with Crippen LogP contribution in [0, 0.1) is 0 Å². The Bertz CT molecular complexity index is 1400. The number of carbonyl (C=O) groups excluding carboxylic acids is 2. The van der Waals surface area contributed by atoms with Gasteiger partial charge in [-0.3, -0.25) is 20.4 Å². The van der Waals surface area contributed by atoms with Crippen molar-refractivity contribution < 1.29 is 18.0 Å². The van der Waals surface area contributed by atoms with Crippen molar-refractivity contribution in [2.24, 2.45) is 0 Å². The van der Waals surface area contributed by atoms with E-state index < -0.39 is 21.8 Å². The van der Waals surface area contributed by atoms with E-state index in [2.05, 4.69) is 20.6 Å². The van der Waals surface area contributed by atoms with Crippen molar-refractivity contribution in [1.82, 2.24) is 20.6 Å². The topological polar surface area (TPSA) is 120 Å². The molecule has 4 aromatic rings. The van der Waals surface area contributed by atoms with Crippen LogP contribution < -0.4 is 15.6 Å². The van der Waals surface area contributed by atoms with Gasteiger partial charge in [0.15, 0.2) is 0 Å². The molecule has 4 rings (SSSR count). The number of hydrogen-bond acceptors (Lipinski definition) is 4. The first-order valence-corrected chi connectivity index (χ1v) is 11.7. The normalized spacial score (nSPS) is 11.3. The molecule has 0 spiro atoms. The fourth-order valence-electron chi connectivity index (χ4n) is 3.36. The molecule has 0 aliphatic heterocycles. The fourth-order valence-corrected chi connectivity index (χ4v) is 4.42. The Morgan fingerprint density at radius 3 is 2.42 bits per heavy atom. The Morgan fingerprint density at radius 2 is 1.61 bits per heavy atom. The van der Waals surface area contributed by atoms with E-state index in [9.17, 15) is 18.0 Å². The molecule has 0 saturated heterocycles. The molecule has 8 nitrogen and oxygen atoms in total. The number of benzene rings is 3. The van der Waals surface area contributed by atoms with Gasteiger partial charge < -0.3 is 4.98 Å². The summed E-state index contributed by atoms with van der Waals surface area (Å²) < 4.78 is 27.7. The molecule has 0 radical (unpaired) electrons. The van der Waals surface area contributed by atoms with E-state index in [1.54, 1.807) is 6.20 Å². The maximum atomic E-state index is 12.6. The second-order valence-electron chi connectivity index (χ2n) is 7.38. The molecule has 0 aliphatic carbocycles. The van der Waals surface area contributed by atoms with E-state index in [0.717, 1.165) is 22.0 Å². The van der Waals surface area contributed by atoms with Gasteiger partial charge >= 0.3 is 0 Å². The van der Waals surface area contributed by atoms with E-state index in [1.165, 1.54) is 24.3 Å². The molecular weight excluding hydrogens is 440 g/mol. The van der Waals surface area contributed by atoms with E-state index in [-0.39, 0.29) is 23.4 Å². The van der Waals surface area contributed by atoms with Gasteiger partial charge in [-0.25, -0.2) is 13.1 Å². The zero-order valence-corrected chi connectivity index (χ0v) is 18.4. The highest BCUT2D eigenvalue weighted by atomic mass is 32.2. The summed E-state index contributed by atoms with van der Waals surface area (Å²) in [5.74, 6) is -1.02. The number of fused-ring (bicyclic) bond motifs is 1. The van der Waals surface area contributed by atoms with E-state index in [4.69, 9.17) is 0 Å². The first-order valence-electron chi connectivity index (χ1n) is 10.2. The van der Waals surface area contributed by atoms with Crippen molar-refractivity contribution in [2.75, 3.05) is 0 Å². The summed E-state index contributed by atoms with van der Waals surface area (Å²) >= 11 is 0. The van der Waals surface area contributed by atoms with Gasteiger partial charge in [-0.15, -0.1) is 0 Å². The highest BCUT2D eigenvalue weighted by molar-refractivity contribution is 7.89. The number of rotatable bonds is 7. The van der Waals surface area contributed by atoms with Crippen LogP contribution in [0.3, 0.4) is 0 Å². The van der Waals surface area contributed by atoms with Crippen molar-refractivity contribution in [2.45, 2.75) is 17.9 Å². The molecule has 0 saturated carbocycles. The van der Waals surface area contributed by atoms with Gasteiger partial charge in [0.05, 0.1) is 11.3 Å². The van der Waals surface area contributed by atoms with Gasteiger partial charge in [0, 0.05) is 29.2 Å². The molecule has 2 amide bonds. The summed E-state index contributed by atoms with van der Waals surface area (Å²) in [6.07, 6.45) is 1.82. The van der Waals surface area contributed by atoms with Crippen LogP contribution >= 0.6 is 0 Å². The van der Waals surface area contributed by atoms with Crippen LogP contribution in [0.4, 0.5) is 0 Å². The SMILES string of the molecule is O=C(Cc1c[nH]c2ccccc12)NNC(=O)c1cccc(S(=O)(=O)NCc2ccccc2)c1. The highest BCUT2D eigenvalue weighted by Gasteiger charge is 2.17. The minimum Gasteiger partial charge on any atom is -0.361 e. The van der Waals surface area contributed by atoms with Crippen molar-refractivity contribution in [3.63, 3.8) is 0 Å². The van der Waals surface area contributed by atoms with Crippen LogP contribution in [0.15, 0.2) is 90.0 Å². The Hall–Kier alpha value is -3.95. The molecule has 0 aliphatic rings. The number of hydrogen-bond donors (Lipinski definition) is 4. The Labute approximate surface area is 191 Å². The van der Waals surface area contributed by atoms with Crippen LogP contribution in [0.2, 0.25) is 0 Å². The Morgan fingerprint density at radius 1 is 0.848 bits per heavy atom. The first-order chi connectivity index (χ1) is 15.9. The molecule has 0 bridgehead atoms. The lowest BCUT2D eigenvalue weighted by molar-refractivity contribution is -0.121. The summed E-state index contributed by atoms with van der Waals surface area (Å²) in [4.78, 5) is 27.8. The minimum atomic E-state index is -3.82. The van der Waals surface area contributed by atoms with Crippen molar-refractivity contribution >= 4 is 32.7 Å². The van der Waals surface area contributed by atoms with Crippen LogP contribution in [0.5, 0.6) is 0 Å². The van der Waals surface area contributed by atoms with E-state index in [1.807, 2.05) is 54.6 Å². The molecule has 1 heterocycles. The van der Waals surface area contributed by atoms with Crippen LogP contribution in [0.1, 0.15) is 21.5 Å². The van der Waals surface area contributed by atoms with Gasteiger partial charge in [0.2, 0.25) is 15.9 Å². The van der Waals surface area contributed by atoms with Gasteiger partial charge in [-0.1, -0.05) is 54.6 Å². The summed E-state index contributed by atoms with van der Waals surface area (Å²) in [6, 6.07) is 22.3. The predicted octanol–water partition coefficient (Wildman–Crippen LogP) is 2.65. The molecule has 3 aromatic carbocycles.